The molecule has 0 saturated carbocycles. The Hall–Kier alpha value is -2.66. The summed E-state index contributed by atoms with van der Waals surface area (Å²) in [7, 11) is -4.34. The third-order valence-electron chi connectivity index (χ3n) is 3.80. The van der Waals surface area contributed by atoms with Crippen molar-refractivity contribution in [3.63, 3.8) is 0 Å². The van der Waals surface area contributed by atoms with Gasteiger partial charge in [-0.1, -0.05) is 34.8 Å². The normalized spacial score (nSPS) is 11.3. The number of benzene rings is 3. The van der Waals surface area contributed by atoms with Gasteiger partial charge in [0.2, 0.25) is 0 Å². The second-order valence-electron chi connectivity index (χ2n) is 5.92. The molecular formula is C18H9Cl3F2N2O5S. The molecule has 0 saturated heterocycles. The highest BCUT2D eigenvalue weighted by Gasteiger charge is 2.22. The Morgan fingerprint density at radius 3 is 2.13 bits per heavy atom. The number of nitro benzene ring substituents is 1. The first kappa shape index (κ1) is 23.0. The van der Waals surface area contributed by atoms with Crippen LogP contribution in [-0.2, 0) is 10.0 Å². The molecule has 7 nitrogen and oxygen atoms in total. The number of rotatable bonds is 6. The summed E-state index contributed by atoms with van der Waals surface area (Å²) in [4.78, 5) is 9.72. The molecule has 0 bridgehead atoms. The van der Waals surface area contributed by atoms with Crippen LogP contribution in [0.5, 0.6) is 11.5 Å². The molecule has 31 heavy (non-hydrogen) atoms. The topological polar surface area (TPSA) is 98.5 Å². The fraction of sp³-hybridized carbons (Fsp3) is 0. The maximum absolute atomic E-state index is 13.8. The van der Waals surface area contributed by atoms with Gasteiger partial charge in [-0.15, -0.1) is 0 Å². The third-order valence-corrected chi connectivity index (χ3v) is 6.00. The summed E-state index contributed by atoms with van der Waals surface area (Å²) < 4.78 is 59.4. The standard InChI is InChI=1S/C18H9Cl3F2N2O5S/c19-12-6-10(25(26)27)2-4-17(12)30-18-13(20)7-11(8-14(18)21)31(28,29)24-16-3-1-9(22)5-15(16)23/h1-8,24H. The van der Waals surface area contributed by atoms with Crippen LogP contribution in [0.25, 0.3) is 0 Å². The molecule has 0 unspecified atom stereocenters. The second kappa shape index (κ2) is 8.83. The number of sulfonamides is 1. The molecule has 3 aromatic rings. The average molecular weight is 510 g/mol. The van der Waals surface area contributed by atoms with Crippen molar-refractivity contribution in [3.05, 3.63) is 85.3 Å². The van der Waals surface area contributed by atoms with Gasteiger partial charge in [-0.2, -0.15) is 0 Å². The van der Waals surface area contributed by atoms with Crippen LogP contribution in [-0.4, -0.2) is 13.3 Å². The maximum Gasteiger partial charge on any atom is 0.271 e. The summed E-state index contributed by atoms with van der Waals surface area (Å²) in [6.45, 7) is 0. The lowest BCUT2D eigenvalue weighted by Gasteiger charge is -2.14. The van der Waals surface area contributed by atoms with Crippen LogP contribution in [0.15, 0.2) is 53.4 Å². The highest BCUT2D eigenvalue weighted by atomic mass is 35.5. The van der Waals surface area contributed by atoms with Crippen molar-refractivity contribution in [2.24, 2.45) is 0 Å². The quantitative estimate of drug-likeness (QED) is 0.305. The predicted octanol–water partition coefficient (Wildman–Crippen LogP) is 6.43. The van der Waals surface area contributed by atoms with E-state index in [9.17, 15) is 27.3 Å². The molecule has 13 heteroatoms. The van der Waals surface area contributed by atoms with E-state index in [4.69, 9.17) is 39.5 Å². The molecule has 3 aromatic carbocycles. The smallest absolute Gasteiger partial charge is 0.271 e. The number of anilines is 1. The molecule has 0 amide bonds. The second-order valence-corrected chi connectivity index (χ2v) is 8.82. The molecule has 0 aliphatic rings. The zero-order chi connectivity index (χ0) is 22.9. The van der Waals surface area contributed by atoms with Gasteiger partial charge < -0.3 is 4.74 Å². The van der Waals surface area contributed by atoms with E-state index in [1.807, 2.05) is 4.72 Å². The summed E-state index contributed by atoms with van der Waals surface area (Å²) >= 11 is 18.2. The number of non-ortho nitro benzene ring substituents is 1. The van der Waals surface area contributed by atoms with Crippen molar-refractivity contribution in [3.8, 4) is 11.5 Å². The first-order chi connectivity index (χ1) is 14.5. The summed E-state index contributed by atoms with van der Waals surface area (Å²) in [6, 6.07) is 7.71. The first-order valence-corrected chi connectivity index (χ1v) is 10.7. The van der Waals surface area contributed by atoms with Crippen LogP contribution in [0.4, 0.5) is 20.2 Å². The number of hydrogen-bond acceptors (Lipinski definition) is 5. The van der Waals surface area contributed by atoms with Crippen LogP contribution in [0, 0.1) is 21.7 Å². The van der Waals surface area contributed by atoms with Crippen molar-refractivity contribution in [2.45, 2.75) is 4.90 Å². The largest absolute Gasteiger partial charge is 0.453 e. The summed E-state index contributed by atoms with van der Waals surface area (Å²) in [5.41, 5.74) is -0.748. The fourth-order valence-electron chi connectivity index (χ4n) is 2.36. The Labute approximate surface area is 189 Å². The zero-order valence-corrected chi connectivity index (χ0v) is 18.0. The third kappa shape index (κ3) is 5.16. The van der Waals surface area contributed by atoms with E-state index in [1.54, 1.807) is 0 Å². The monoisotopic (exact) mass is 508 g/mol. The average Bonchev–Trinajstić information content (AvgIpc) is 2.67. The zero-order valence-electron chi connectivity index (χ0n) is 14.9. The molecule has 0 aliphatic heterocycles. The minimum atomic E-state index is -4.34. The Balaban J connectivity index is 1.92. The molecule has 0 fully saturated rings. The molecule has 0 atom stereocenters. The van der Waals surface area contributed by atoms with Gasteiger partial charge >= 0.3 is 0 Å². The highest BCUT2D eigenvalue weighted by Crippen LogP contribution is 2.41. The van der Waals surface area contributed by atoms with Crippen LogP contribution in [0.3, 0.4) is 0 Å². The number of nitrogens with zero attached hydrogens (tertiary/aromatic N) is 1. The van der Waals surface area contributed by atoms with E-state index in [0.29, 0.717) is 6.07 Å². The molecule has 1 N–H and O–H groups in total. The van der Waals surface area contributed by atoms with E-state index in [2.05, 4.69) is 0 Å². The number of nitro groups is 1. The molecule has 3 rings (SSSR count). The van der Waals surface area contributed by atoms with Gasteiger partial charge in [0.1, 0.15) is 17.4 Å². The lowest BCUT2D eigenvalue weighted by atomic mass is 10.3. The van der Waals surface area contributed by atoms with Crippen LogP contribution >= 0.6 is 34.8 Å². The molecule has 0 radical (unpaired) electrons. The molecule has 0 aliphatic carbocycles. The summed E-state index contributed by atoms with van der Waals surface area (Å²) in [5, 5.41) is 10.2. The number of halogens is 5. The minimum Gasteiger partial charge on any atom is -0.453 e. The Kier molecular flexibility index (Phi) is 6.56. The first-order valence-electron chi connectivity index (χ1n) is 8.06. The molecule has 0 heterocycles. The van der Waals surface area contributed by atoms with Gasteiger partial charge in [0, 0.05) is 18.2 Å². The van der Waals surface area contributed by atoms with E-state index >= 15 is 0 Å². The van der Waals surface area contributed by atoms with E-state index in [-0.39, 0.29) is 32.3 Å². The molecule has 162 valence electrons. The number of ether oxygens (including phenoxy) is 1. The van der Waals surface area contributed by atoms with Gasteiger partial charge in [-0.05, 0) is 30.3 Å². The minimum absolute atomic E-state index is 0.0156. The fourth-order valence-corrected chi connectivity index (χ4v) is 4.39. The Morgan fingerprint density at radius 1 is 0.935 bits per heavy atom. The predicted molar refractivity (Wildman–Crippen MR) is 112 cm³/mol. The van der Waals surface area contributed by atoms with Gasteiger partial charge in [-0.3, -0.25) is 14.8 Å². The van der Waals surface area contributed by atoms with Crippen molar-refractivity contribution in [1.82, 2.24) is 0 Å². The number of hydrogen-bond donors (Lipinski definition) is 1. The summed E-state index contributed by atoms with van der Waals surface area (Å²) in [6.07, 6.45) is 0. The van der Waals surface area contributed by atoms with E-state index in [0.717, 1.165) is 36.4 Å². The Bertz CT molecular complexity index is 1280. The van der Waals surface area contributed by atoms with Gasteiger partial charge in [0.15, 0.2) is 5.75 Å². The van der Waals surface area contributed by atoms with Crippen LogP contribution < -0.4 is 9.46 Å². The van der Waals surface area contributed by atoms with Crippen molar-refractivity contribution in [2.75, 3.05) is 4.72 Å². The molecular weight excluding hydrogens is 501 g/mol. The van der Waals surface area contributed by atoms with Crippen molar-refractivity contribution in [1.29, 1.82) is 0 Å². The summed E-state index contributed by atoms with van der Waals surface area (Å²) in [5.74, 6) is -2.17. The molecule has 0 aromatic heterocycles. The van der Waals surface area contributed by atoms with Gasteiger partial charge in [0.25, 0.3) is 15.7 Å². The number of nitrogens with one attached hydrogen (secondary N) is 1. The van der Waals surface area contributed by atoms with Gasteiger partial charge in [-0.25, -0.2) is 17.2 Å². The highest BCUT2D eigenvalue weighted by molar-refractivity contribution is 7.92. The van der Waals surface area contributed by atoms with Gasteiger partial charge in [0.05, 0.1) is 30.6 Å². The molecule has 0 spiro atoms. The van der Waals surface area contributed by atoms with Crippen molar-refractivity contribution < 1.29 is 26.9 Å². The lowest BCUT2D eigenvalue weighted by molar-refractivity contribution is -0.384. The maximum atomic E-state index is 13.8. The Morgan fingerprint density at radius 2 is 1.58 bits per heavy atom. The van der Waals surface area contributed by atoms with Crippen LogP contribution in [0.2, 0.25) is 15.1 Å². The van der Waals surface area contributed by atoms with E-state index in [1.165, 1.54) is 6.07 Å². The van der Waals surface area contributed by atoms with Crippen molar-refractivity contribution >= 4 is 56.2 Å². The van der Waals surface area contributed by atoms with Crippen LogP contribution in [0.1, 0.15) is 0 Å². The SMILES string of the molecule is O=[N+]([O-])c1ccc(Oc2c(Cl)cc(S(=O)(=O)Nc3ccc(F)cc3F)cc2Cl)c(Cl)c1. The lowest BCUT2D eigenvalue weighted by Crippen LogP contribution is -2.14. The van der Waals surface area contributed by atoms with E-state index < -0.39 is 37.2 Å².